The number of cyclic esters (lactones) is 2. The van der Waals surface area contributed by atoms with Crippen LogP contribution in [-0.2, 0) is 55.8 Å². The summed E-state index contributed by atoms with van der Waals surface area (Å²) in [6.07, 6.45) is 0.786. The number of amides is 3. The lowest BCUT2D eigenvalue weighted by Crippen LogP contribution is -2.51. The fourth-order valence-electron chi connectivity index (χ4n) is 6.55. The Balaban J connectivity index is 1.48. The maximum Gasteiger partial charge on any atom is 0.408 e. The molecule has 2 aromatic carbocycles. The number of hydrogen-bond acceptors (Lipinski definition) is 11. The van der Waals surface area contributed by atoms with Crippen LogP contribution in [0.5, 0.6) is 5.75 Å². The van der Waals surface area contributed by atoms with Crippen LogP contribution in [0.25, 0.3) is 0 Å². The van der Waals surface area contributed by atoms with Gasteiger partial charge in [0.1, 0.15) is 29.6 Å². The molecular weight excluding hydrogens is 794 g/mol. The summed E-state index contributed by atoms with van der Waals surface area (Å²) in [7, 11) is 1.49. The maximum absolute atomic E-state index is 13.8. The number of carbonyl (C=O) groups excluding carboxylic acids is 6. The van der Waals surface area contributed by atoms with Crippen molar-refractivity contribution in [3.63, 3.8) is 0 Å². The van der Waals surface area contributed by atoms with Gasteiger partial charge in [0.2, 0.25) is 11.8 Å². The lowest BCUT2D eigenvalue weighted by molar-refractivity contribution is -0.179. The molecule has 0 saturated carbocycles. The van der Waals surface area contributed by atoms with E-state index in [2.05, 4.69) is 16.0 Å². The van der Waals surface area contributed by atoms with Gasteiger partial charge in [-0.2, -0.15) is 0 Å². The lowest BCUT2D eigenvalue weighted by Gasteiger charge is -2.29. The molecule has 2 aromatic rings. The molecule has 4 rings (SSSR count). The smallest absolute Gasteiger partial charge is 0.408 e. The second-order valence-corrected chi connectivity index (χ2v) is 17.9. The number of epoxide rings is 1. The summed E-state index contributed by atoms with van der Waals surface area (Å²) in [6, 6.07) is 11.8. The van der Waals surface area contributed by atoms with Crippen molar-refractivity contribution in [2.75, 3.05) is 20.2 Å². The van der Waals surface area contributed by atoms with E-state index in [1.54, 1.807) is 58.9 Å². The molecular formula is C45H60ClN3O11. The van der Waals surface area contributed by atoms with Crippen molar-refractivity contribution in [3.05, 3.63) is 76.3 Å². The molecule has 14 nitrogen and oxygen atoms in total. The Morgan fingerprint density at radius 1 is 1.00 bits per heavy atom. The lowest BCUT2D eigenvalue weighted by atomic mass is 9.92. The van der Waals surface area contributed by atoms with Crippen LogP contribution in [0.2, 0.25) is 5.02 Å². The van der Waals surface area contributed by atoms with Gasteiger partial charge in [-0.05, 0) is 88.3 Å². The second kappa shape index (κ2) is 21.0. The third-order valence-electron chi connectivity index (χ3n) is 10.1. The first-order valence-corrected chi connectivity index (χ1v) is 20.7. The average Bonchev–Trinajstić information content (AvgIpc) is 3.97. The molecule has 60 heavy (non-hydrogen) atoms. The van der Waals surface area contributed by atoms with Gasteiger partial charge < -0.3 is 39.6 Å². The van der Waals surface area contributed by atoms with Gasteiger partial charge in [0.05, 0.1) is 30.2 Å². The number of aryl methyl sites for hydroxylation is 1. The van der Waals surface area contributed by atoms with Crippen LogP contribution >= 0.6 is 11.6 Å². The zero-order chi connectivity index (χ0) is 44.4. The van der Waals surface area contributed by atoms with E-state index >= 15 is 0 Å². The largest absolute Gasteiger partial charge is 0.495 e. The number of hydrogen-bond donors (Lipinski definition) is 3. The van der Waals surface area contributed by atoms with Crippen molar-refractivity contribution < 1.29 is 52.5 Å². The van der Waals surface area contributed by atoms with E-state index in [-0.39, 0.29) is 68.6 Å². The van der Waals surface area contributed by atoms with Crippen LogP contribution in [0.4, 0.5) is 4.79 Å². The fraction of sp³-hybridized carbons (Fsp3) is 0.556. The van der Waals surface area contributed by atoms with E-state index in [1.807, 2.05) is 45.0 Å². The third-order valence-corrected chi connectivity index (χ3v) is 10.4. The van der Waals surface area contributed by atoms with E-state index in [1.165, 1.54) is 13.2 Å². The highest BCUT2D eigenvalue weighted by molar-refractivity contribution is 6.32. The van der Waals surface area contributed by atoms with E-state index in [0.717, 1.165) is 11.1 Å². The second-order valence-electron chi connectivity index (χ2n) is 17.5. The predicted octanol–water partition coefficient (Wildman–Crippen LogP) is 6.15. The number of ketones is 1. The van der Waals surface area contributed by atoms with Gasteiger partial charge in [-0.15, -0.1) is 0 Å². The predicted molar refractivity (Wildman–Crippen MR) is 224 cm³/mol. The molecule has 2 heterocycles. The summed E-state index contributed by atoms with van der Waals surface area (Å²) < 4.78 is 28.5. The number of benzene rings is 2. The molecule has 328 valence electrons. The number of carbonyl (C=O) groups is 6. The Bertz CT molecular complexity index is 1890. The molecule has 0 bridgehead atoms. The number of rotatable bonds is 13. The Hall–Kier alpha value is -4.95. The minimum Gasteiger partial charge on any atom is -0.495 e. The maximum atomic E-state index is 13.8. The summed E-state index contributed by atoms with van der Waals surface area (Å²) in [5, 5.41) is 8.37. The van der Waals surface area contributed by atoms with Crippen molar-refractivity contribution in [3.8, 4) is 5.75 Å². The highest BCUT2D eigenvalue weighted by Gasteiger charge is 2.48. The van der Waals surface area contributed by atoms with E-state index < -0.39 is 59.1 Å². The molecule has 0 radical (unpaired) electrons. The molecule has 6 atom stereocenters. The molecule has 0 aromatic heterocycles. The first-order chi connectivity index (χ1) is 28.1. The third kappa shape index (κ3) is 14.6. The summed E-state index contributed by atoms with van der Waals surface area (Å²) >= 11 is 6.35. The van der Waals surface area contributed by atoms with E-state index in [4.69, 9.17) is 35.3 Å². The quantitative estimate of drug-likeness (QED) is 0.119. The summed E-state index contributed by atoms with van der Waals surface area (Å²) in [5.74, 6) is -2.52. The van der Waals surface area contributed by atoms with Gasteiger partial charge in [-0.3, -0.25) is 19.2 Å². The highest BCUT2D eigenvalue weighted by atomic mass is 35.5. The molecule has 2 aliphatic heterocycles. The van der Waals surface area contributed by atoms with Crippen LogP contribution in [0.3, 0.4) is 0 Å². The Morgan fingerprint density at radius 3 is 2.32 bits per heavy atom. The number of esters is 2. The number of nitrogens with one attached hydrogen (secondary N) is 3. The Labute approximate surface area is 357 Å². The monoisotopic (exact) mass is 853 g/mol. The van der Waals surface area contributed by atoms with Crippen LogP contribution in [-0.4, -0.2) is 85.8 Å². The normalized spacial score (nSPS) is 23.6. The van der Waals surface area contributed by atoms with Crippen molar-refractivity contribution >= 4 is 47.2 Å². The Morgan fingerprint density at radius 2 is 1.68 bits per heavy atom. The highest BCUT2D eigenvalue weighted by Crippen LogP contribution is 2.45. The molecule has 1 fully saturated rings. The summed E-state index contributed by atoms with van der Waals surface area (Å²) in [6.45, 7) is 13.9. The SMILES string of the molecule is COc1ccc(C[C@H]2NC(=O)/C=C/C[C@@H]([C@H](C)C3OC3c3ccc(CCC(=O)CNC(=O)OC(C)(C)C)cc3)OC(=O)[C@H](CC(C)C)OC(=O)C(C)(C)CNC2=O)cc1Cl. The van der Waals surface area contributed by atoms with Gasteiger partial charge in [-0.25, -0.2) is 9.59 Å². The van der Waals surface area contributed by atoms with Crippen molar-refractivity contribution in [1.82, 2.24) is 16.0 Å². The molecule has 0 spiro atoms. The number of methoxy groups -OCH3 is 1. The minimum atomic E-state index is -1.24. The van der Waals surface area contributed by atoms with Crippen LogP contribution in [0.15, 0.2) is 54.6 Å². The van der Waals surface area contributed by atoms with Gasteiger partial charge in [-0.1, -0.05) is 68.8 Å². The number of halogens is 1. The topological polar surface area (TPSA) is 188 Å². The number of alkyl carbamates (subject to hydrolysis) is 1. The zero-order valence-corrected chi connectivity index (χ0v) is 36.8. The molecule has 2 unspecified atom stereocenters. The van der Waals surface area contributed by atoms with Crippen molar-refractivity contribution in [2.45, 2.75) is 124 Å². The Kier molecular flexibility index (Phi) is 16.7. The summed E-state index contributed by atoms with van der Waals surface area (Å²) in [5.41, 5.74) is 0.607. The zero-order valence-electron chi connectivity index (χ0n) is 36.1. The van der Waals surface area contributed by atoms with Gasteiger partial charge in [0.15, 0.2) is 11.9 Å². The van der Waals surface area contributed by atoms with Crippen LogP contribution < -0.4 is 20.7 Å². The summed E-state index contributed by atoms with van der Waals surface area (Å²) in [4.78, 5) is 78.6. The fourth-order valence-corrected chi connectivity index (χ4v) is 6.83. The number of ether oxygens (including phenoxy) is 5. The van der Waals surface area contributed by atoms with Gasteiger partial charge in [0, 0.05) is 31.7 Å². The van der Waals surface area contributed by atoms with Crippen molar-refractivity contribution in [1.29, 1.82) is 0 Å². The van der Waals surface area contributed by atoms with Gasteiger partial charge >= 0.3 is 18.0 Å². The van der Waals surface area contributed by atoms with E-state index in [0.29, 0.717) is 22.8 Å². The first kappa shape index (κ1) is 47.7. The molecule has 15 heteroatoms. The molecule has 2 aliphatic rings. The molecule has 3 N–H and O–H groups in total. The average molecular weight is 854 g/mol. The van der Waals surface area contributed by atoms with Crippen LogP contribution in [0, 0.1) is 17.3 Å². The van der Waals surface area contributed by atoms with Crippen LogP contribution in [0.1, 0.15) is 97.4 Å². The molecule has 0 aliphatic carbocycles. The van der Waals surface area contributed by atoms with Crippen molar-refractivity contribution in [2.24, 2.45) is 17.3 Å². The molecule has 1 saturated heterocycles. The van der Waals surface area contributed by atoms with E-state index in [9.17, 15) is 28.8 Å². The number of Topliss-reactive ketones (excluding diaryl/α,β-unsaturated/α-hetero) is 1. The minimum absolute atomic E-state index is 0.0263. The first-order valence-electron chi connectivity index (χ1n) is 20.4. The standard InChI is InChI=1S/C45H60ClN3O11/c1-26(2)21-36-41(53)57-34(27(3)38-39(59-38)30-17-13-28(14-18-30)15-19-31(50)24-47-43(55)60-44(4,5)6)11-10-12-37(51)49-33(23-29-16-20-35(56-9)32(46)22-29)40(52)48-25-45(7,8)42(54)58-36/h10,12-14,16-18,20,22,26-27,33-34,36,38-39H,11,15,19,21,23-25H2,1-9H3,(H,47,55)(H,48,52)(H,49,51)/b12-10+/t27-,33+,34-,36-,38?,39?/m0/s1. The molecule has 3 amide bonds. The van der Waals surface area contributed by atoms with Gasteiger partial charge in [0.25, 0.3) is 0 Å².